The smallest absolute Gasteiger partial charge is 0.410 e. The van der Waals surface area contributed by atoms with Crippen LogP contribution in [0.5, 0.6) is 11.6 Å². The van der Waals surface area contributed by atoms with Crippen molar-refractivity contribution in [3.05, 3.63) is 88.6 Å². The Bertz CT molecular complexity index is 1240. The zero-order valence-corrected chi connectivity index (χ0v) is 21.7. The molecule has 0 bridgehead atoms. The van der Waals surface area contributed by atoms with E-state index in [1.807, 2.05) is 6.07 Å². The Kier molecular flexibility index (Phi) is 9.48. The van der Waals surface area contributed by atoms with Crippen LogP contribution in [0.4, 0.5) is 4.79 Å². The van der Waals surface area contributed by atoms with Gasteiger partial charge in [-0.15, -0.1) is 0 Å². The molecule has 0 aliphatic rings. The molecule has 2 N–H and O–H groups in total. The fourth-order valence-corrected chi connectivity index (χ4v) is 3.81. The van der Waals surface area contributed by atoms with Crippen molar-refractivity contribution >= 4 is 17.7 Å². The van der Waals surface area contributed by atoms with Crippen LogP contribution in [0, 0.1) is 11.3 Å². The van der Waals surface area contributed by atoms with Crippen molar-refractivity contribution in [3.8, 4) is 17.7 Å². The summed E-state index contributed by atoms with van der Waals surface area (Å²) in [6.07, 6.45) is 0.153. The lowest BCUT2D eigenvalue weighted by Gasteiger charge is -2.34. The van der Waals surface area contributed by atoms with Gasteiger partial charge in [0.25, 0.3) is 0 Å². The number of nitrogens with zero attached hydrogens (tertiary/aromatic N) is 3. The second-order valence-corrected chi connectivity index (χ2v) is 9.89. The molecule has 8 nitrogen and oxygen atoms in total. The quantitative estimate of drug-likeness (QED) is 0.392. The Morgan fingerprint density at radius 1 is 1.16 bits per heavy atom. The molecule has 0 fully saturated rings. The Hall–Kier alpha value is -3.64. The zero-order valence-electron chi connectivity index (χ0n) is 21.0. The third kappa shape index (κ3) is 8.19. The number of hydrogen-bond acceptors (Lipinski definition) is 7. The van der Waals surface area contributed by atoms with Crippen molar-refractivity contribution in [1.29, 1.82) is 5.26 Å². The fourth-order valence-electron chi connectivity index (χ4n) is 3.61. The second-order valence-electron chi connectivity index (χ2n) is 9.46. The molecule has 2 aromatic carbocycles. The third-order valence-electron chi connectivity index (χ3n) is 5.38. The van der Waals surface area contributed by atoms with E-state index in [2.05, 4.69) is 4.98 Å². The maximum Gasteiger partial charge on any atom is 0.410 e. The number of ether oxygens (including phenoxy) is 2. The van der Waals surface area contributed by atoms with E-state index in [4.69, 9.17) is 21.1 Å². The van der Waals surface area contributed by atoms with Crippen LogP contribution in [-0.2, 0) is 11.2 Å². The number of amides is 1. The maximum atomic E-state index is 13.1. The summed E-state index contributed by atoms with van der Waals surface area (Å²) >= 11 is 6.07. The van der Waals surface area contributed by atoms with Crippen LogP contribution in [0.1, 0.15) is 43.6 Å². The molecule has 3 aromatic rings. The number of hydrogen-bond donors (Lipinski definition) is 2. The normalized spacial score (nSPS) is 12.8. The lowest BCUT2D eigenvalue weighted by molar-refractivity contribution is -0.00373. The summed E-state index contributed by atoms with van der Waals surface area (Å²) < 4.78 is 11.3. The number of aliphatic hydroxyl groups is 2. The van der Waals surface area contributed by atoms with Gasteiger partial charge in [-0.05, 0) is 74.7 Å². The number of rotatable bonds is 9. The van der Waals surface area contributed by atoms with E-state index < -0.39 is 23.8 Å². The predicted molar refractivity (Wildman–Crippen MR) is 139 cm³/mol. The van der Waals surface area contributed by atoms with Gasteiger partial charge in [-0.3, -0.25) is 4.90 Å². The molecular formula is C28H30ClN3O5. The highest BCUT2D eigenvalue weighted by Gasteiger charge is 2.30. The van der Waals surface area contributed by atoms with Crippen molar-refractivity contribution in [2.75, 3.05) is 13.2 Å². The second kappa shape index (κ2) is 12.5. The highest BCUT2D eigenvalue weighted by atomic mass is 35.5. The van der Waals surface area contributed by atoms with Crippen LogP contribution in [0.15, 0.2) is 66.9 Å². The van der Waals surface area contributed by atoms with Gasteiger partial charge in [0.1, 0.15) is 23.0 Å². The van der Waals surface area contributed by atoms with Gasteiger partial charge < -0.3 is 19.7 Å². The van der Waals surface area contributed by atoms with Crippen LogP contribution in [-0.4, -0.2) is 51.0 Å². The molecule has 0 saturated heterocycles. The molecule has 0 spiro atoms. The first-order chi connectivity index (χ1) is 17.6. The number of carbonyl (C=O) groups excluding carboxylic acids is 1. The number of aromatic nitrogens is 1. The summed E-state index contributed by atoms with van der Waals surface area (Å²) in [5.74, 6) is 0.692. The highest BCUT2D eigenvalue weighted by molar-refractivity contribution is 6.30. The molecule has 3 rings (SSSR count). The van der Waals surface area contributed by atoms with Gasteiger partial charge >= 0.3 is 6.09 Å². The fraction of sp³-hybridized carbons (Fsp3) is 0.321. The summed E-state index contributed by atoms with van der Waals surface area (Å²) in [7, 11) is 0. The summed E-state index contributed by atoms with van der Waals surface area (Å²) in [5.41, 5.74) is 0.922. The van der Waals surface area contributed by atoms with E-state index in [1.165, 1.54) is 4.90 Å². The Labute approximate surface area is 221 Å². The third-order valence-corrected chi connectivity index (χ3v) is 5.62. The molecule has 194 valence electrons. The van der Waals surface area contributed by atoms with Crippen molar-refractivity contribution < 1.29 is 24.5 Å². The molecule has 0 radical (unpaired) electrons. The van der Waals surface area contributed by atoms with Gasteiger partial charge in [-0.2, -0.15) is 5.26 Å². The molecule has 0 aliphatic heterocycles. The van der Waals surface area contributed by atoms with Gasteiger partial charge in [0.2, 0.25) is 5.88 Å². The van der Waals surface area contributed by atoms with Gasteiger partial charge in [0, 0.05) is 11.2 Å². The molecule has 9 heteroatoms. The van der Waals surface area contributed by atoms with E-state index in [-0.39, 0.29) is 19.0 Å². The number of halogens is 1. The summed E-state index contributed by atoms with van der Waals surface area (Å²) in [6, 6.07) is 18.4. The van der Waals surface area contributed by atoms with Crippen LogP contribution in [0.25, 0.3) is 0 Å². The largest absolute Gasteiger partial charge is 0.444 e. The molecule has 1 heterocycles. The molecular weight excluding hydrogens is 494 g/mol. The Balaban J connectivity index is 1.78. The van der Waals surface area contributed by atoms with Crippen LogP contribution in [0.3, 0.4) is 0 Å². The van der Waals surface area contributed by atoms with Crippen LogP contribution >= 0.6 is 11.6 Å². The molecule has 1 aromatic heterocycles. The summed E-state index contributed by atoms with van der Waals surface area (Å²) in [5, 5.41) is 30.8. The standard InChI is InChI=1S/C28H30ClN3O5/c1-28(2,3)37-27(35)32(17-25(34)20-6-4-8-22(29)15-20)23(18-33)14-19-9-11-24(12-10-19)36-26-21(16-30)7-5-13-31-26/h4-13,15,23,25,33-34H,14,17-18H2,1-3H3/t23-,25+/m0/s1. The minimum atomic E-state index is -1.04. The highest BCUT2D eigenvalue weighted by Crippen LogP contribution is 2.25. The predicted octanol–water partition coefficient (Wildman–Crippen LogP) is 5.27. The van der Waals surface area contributed by atoms with E-state index in [0.29, 0.717) is 28.3 Å². The minimum absolute atomic E-state index is 0.0989. The molecule has 37 heavy (non-hydrogen) atoms. The summed E-state index contributed by atoms with van der Waals surface area (Å²) in [6.45, 7) is 4.81. The molecule has 1 amide bonds. The van der Waals surface area contributed by atoms with Crippen LogP contribution < -0.4 is 4.74 Å². The minimum Gasteiger partial charge on any atom is -0.444 e. The van der Waals surface area contributed by atoms with E-state index in [1.54, 1.807) is 87.6 Å². The van der Waals surface area contributed by atoms with Crippen molar-refractivity contribution in [2.45, 2.75) is 44.9 Å². The number of carbonyl (C=O) groups is 1. The lowest BCUT2D eigenvalue weighted by Crippen LogP contribution is -2.48. The van der Waals surface area contributed by atoms with Crippen molar-refractivity contribution in [3.63, 3.8) is 0 Å². The maximum absolute atomic E-state index is 13.1. The number of aliphatic hydroxyl groups excluding tert-OH is 2. The van der Waals surface area contributed by atoms with Crippen molar-refractivity contribution in [2.24, 2.45) is 0 Å². The number of pyridine rings is 1. The Morgan fingerprint density at radius 3 is 2.51 bits per heavy atom. The molecule has 0 unspecified atom stereocenters. The zero-order chi connectivity index (χ0) is 27.0. The summed E-state index contributed by atoms with van der Waals surface area (Å²) in [4.78, 5) is 18.5. The average Bonchev–Trinajstić information content (AvgIpc) is 2.86. The average molecular weight is 524 g/mol. The van der Waals surface area contributed by atoms with E-state index in [0.717, 1.165) is 5.56 Å². The van der Waals surface area contributed by atoms with Gasteiger partial charge in [0.05, 0.1) is 25.3 Å². The number of nitriles is 1. The van der Waals surface area contributed by atoms with Gasteiger partial charge in [-0.25, -0.2) is 9.78 Å². The van der Waals surface area contributed by atoms with E-state index >= 15 is 0 Å². The SMILES string of the molecule is CC(C)(C)OC(=O)N(C[C@@H](O)c1cccc(Cl)c1)[C@H](CO)Cc1ccc(Oc2ncccc2C#N)cc1. The molecule has 0 saturated carbocycles. The first-order valence-electron chi connectivity index (χ1n) is 11.8. The topological polar surface area (TPSA) is 116 Å². The Morgan fingerprint density at radius 2 is 1.89 bits per heavy atom. The first kappa shape index (κ1) is 27.9. The van der Waals surface area contributed by atoms with Gasteiger partial charge in [0.15, 0.2) is 0 Å². The van der Waals surface area contributed by atoms with Gasteiger partial charge in [-0.1, -0.05) is 35.9 Å². The monoisotopic (exact) mass is 523 g/mol. The van der Waals surface area contributed by atoms with E-state index in [9.17, 15) is 20.3 Å². The number of benzene rings is 2. The van der Waals surface area contributed by atoms with Crippen molar-refractivity contribution in [1.82, 2.24) is 9.88 Å². The lowest BCUT2D eigenvalue weighted by atomic mass is 10.0. The molecule has 2 atom stereocenters. The van der Waals surface area contributed by atoms with Crippen LogP contribution in [0.2, 0.25) is 5.02 Å². The molecule has 0 aliphatic carbocycles. The first-order valence-corrected chi connectivity index (χ1v) is 12.1.